The Kier molecular flexibility index (Phi) is 5.05. The van der Waals surface area contributed by atoms with Crippen LogP contribution < -0.4 is 16.6 Å². The summed E-state index contributed by atoms with van der Waals surface area (Å²) in [6, 6.07) is -0.0151. The normalized spacial score (nSPS) is 17.1. The number of nitrogens with two attached hydrogens (primary N) is 1. The minimum Gasteiger partial charge on any atom is -0.378 e. The number of nitrogens with zero attached hydrogens (tertiary/aromatic N) is 2. The first-order chi connectivity index (χ1) is 9.49. The zero-order valence-electron chi connectivity index (χ0n) is 12.1. The van der Waals surface area contributed by atoms with Gasteiger partial charge in [0.25, 0.3) is 5.56 Å². The minimum absolute atomic E-state index is 0.0151. The molecule has 1 aliphatic rings. The number of anilines is 1. The number of rotatable bonds is 6. The molecule has 0 aliphatic heterocycles. The summed E-state index contributed by atoms with van der Waals surface area (Å²) in [5, 5.41) is 7.56. The molecule has 20 heavy (non-hydrogen) atoms. The highest BCUT2D eigenvalue weighted by Crippen LogP contribution is 2.27. The van der Waals surface area contributed by atoms with E-state index in [1.54, 1.807) is 0 Å². The lowest BCUT2D eigenvalue weighted by Gasteiger charge is -2.25. The molecule has 112 valence electrons. The van der Waals surface area contributed by atoms with Crippen LogP contribution >= 0.6 is 11.6 Å². The molecule has 0 amide bonds. The highest BCUT2D eigenvalue weighted by Gasteiger charge is 2.20. The van der Waals surface area contributed by atoms with Crippen molar-refractivity contribution in [1.29, 1.82) is 0 Å². The zero-order chi connectivity index (χ0) is 14.7. The SMILES string of the molecule is CC(C)C(N)CNc1c(Cl)cnn(CC2CCC2)c1=O. The summed E-state index contributed by atoms with van der Waals surface area (Å²) in [6.07, 6.45) is 5.14. The van der Waals surface area contributed by atoms with Crippen LogP contribution in [0.5, 0.6) is 0 Å². The maximum absolute atomic E-state index is 12.4. The van der Waals surface area contributed by atoms with Crippen molar-refractivity contribution in [3.05, 3.63) is 21.6 Å². The summed E-state index contributed by atoms with van der Waals surface area (Å²) in [4.78, 5) is 12.4. The molecule has 0 aromatic carbocycles. The Labute approximate surface area is 124 Å². The molecule has 3 N–H and O–H groups in total. The van der Waals surface area contributed by atoms with Gasteiger partial charge in [0, 0.05) is 19.1 Å². The number of hydrogen-bond donors (Lipinski definition) is 2. The van der Waals surface area contributed by atoms with Crippen LogP contribution in [0, 0.1) is 11.8 Å². The summed E-state index contributed by atoms with van der Waals surface area (Å²) < 4.78 is 1.51. The third kappa shape index (κ3) is 3.52. The Balaban J connectivity index is 2.10. The van der Waals surface area contributed by atoms with Gasteiger partial charge in [0.05, 0.1) is 11.2 Å². The summed E-state index contributed by atoms with van der Waals surface area (Å²) in [5.74, 6) is 0.924. The van der Waals surface area contributed by atoms with Crippen LogP contribution in [0.15, 0.2) is 11.0 Å². The summed E-state index contributed by atoms with van der Waals surface area (Å²) in [5.41, 5.74) is 6.25. The van der Waals surface area contributed by atoms with Crippen molar-refractivity contribution in [1.82, 2.24) is 9.78 Å². The molecule has 0 bridgehead atoms. The molecule has 2 rings (SSSR count). The number of nitrogens with one attached hydrogen (secondary N) is 1. The maximum Gasteiger partial charge on any atom is 0.291 e. The molecular formula is C14H23ClN4O. The Morgan fingerprint density at radius 3 is 2.80 bits per heavy atom. The molecule has 0 spiro atoms. The highest BCUT2D eigenvalue weighted by atomic mass is 35.5. The van der Waals surface area contributed by atoms with Gasteiger partial charge >= 0.3 is 0 Å². The Hall–Kier alpha value is -1.07. The van der Waals surface area contributed by atoms with Gasteiger partial charge in [-0.25, -0.2) is 4.68 Å². The van der Waals surface area contributed by atoms with Gasteiger partial charge in [0.2, 0.25) is 0 Å². The number of hydrogen-bond acceptors (Lipinski definition) is 4. The fraction of sp³-hybridized carbons (Fsp3) is 0.714. The van der Waals surface area contributed by atoms with E-state index < -0.39 is 0 Å². The van der Waals surface area contributed by atoms with Crippen molar-refractivity contribution in [2.24, 2.45) is 17.6 Å². The molecule has 0 radical (unpaired) electrons. The third-order valence-corrected chi connectivity index (χ3v) is 4.31. The van der Waals surface area contributed by atoms with Gasteiger partial charge in [-0.05, 0) is 24.7 Å². The molecule has 6 heteroatoms. The van der Waals surface area contributed by atoms with Crippen molar-refractivity contribution in [3.63, 3.8) is 0 Å². The predicted octanol–water partition coefficient (Wildman–Crippen LogP) is 2.09. The van der Waals surface area contributed by atoms with Crippen molar-refractivity contribution in [3.8, 4) is 0 Å². The van der Waals surface area contributed by atoms with Crippen LogP contribution in [0.25, 0.3) is 0 Å². The monoisotopic (exact) mass is 298 g/mol. The zero-order valence-corrected chi connectivity index (χ0v) is 12.9. The van der Waals surface area contributed by atoms with Crippen molar-refractivity contribution in [2.75, 3.05) is 11.9 Å². The molecule has 1 aliphatic carbocycles. The highest BCUT2D eigenvalue weighted by molar-refractivity contribution is 6.32. The average Bonchev–Trinajstić information content (AvgIpc) is 2.35. The van der Waals surface area contributed by atoms with E-state index in [-0.39, 0.29) is 11.6 Å². The first-order valence-electron chi connectivity index (χ1n) is 7.24. The maximum atomic E-state index is 12.4. The van der Waals surface area contributed by atoms with Crippen LogP contribution in [-0.2, 0) is 6.54 Å². The average molecular weight is 299 g/mol. The lowest BCUT2D eigenvalue weighted by atomic mass is 9.85. The summed E-state index contributed by atoms with van der Waals surface area (Å²) >= 11 is 6.07. The smallest absolute Gasteiger partial charge is 0.291 e. The second-order valence-corrected chi connectivity index (χ2v) is 6.35. The number of aromatic nitrogens is 2. The van der Waals surface area contributed by atoms with E-state index in [0.29, 0.717) is 35.6 Å². The van der Waals surface area contributed by atoms with Gasteiger partial charge in [-0.3, -0.25) is 4.79 Å². The molecule has 1 fully saturated rings. The molecule has 0 saturated heterocycles. The van der Waals surface area contributed by atoms with Crippen molar-refractivity contribution >= 4 is 17.3 Å². The van der Waals surface area contributed by atoms with E-state index in [2.05, 4.69) is 24.3 Å². The molecule has 5 nitrogen and oxygen atoms in total. The standard InChI is InChI=1S/C14H23ClN4O/c1-9(2)12(16)7-17-13-11(15)6-18-19(14(13)20)8-10-4-3-5-10/h6,9-10,12,17H,3-5,7-8,16H2,1-2H3. The van der Waals surface area contributed by atoms with Crippen molar-refractivity contribution in [2.45, 2.75) is 45.7 Å². The van der Waals surface area contributed by atoms with E-state index in [4.69, 9.17) is 17.3 Å². The molecular weight excluding hydrogens is 276 g/mol. The molecule has 1 atom stereocenters. The summed E-state index contributed by atoms with van der Waals surface area (Å²) in [7, 11) is 0. The second kappa shape index (κ2) is 6.59. The van der Waals surface area contributed by atoms with Crippen molar-refractivity contribution < 1.29 is 0 Å². The number of halogens is 1. The lowest BCUT2D eigenvalue weighted by molar-refractivity contribution is 0.262. The molecule has 1 heterocycles. The van der Waals surface area contributed by atoms with Gasteiger partial charge in [0.15, 0.2) is 0 Å². The van der Waals surface area contributed by atoms with Gasteiger partial charge in [-0.2, -0.15) is 5.10 Å². The molecule has 1 unspecified atom stereocenters. The second-order valence-electron chi connectivity index (χ2n) is 5.94. The van der Waals surface area contributed by atoms with E-state index in [9.17, 15) is 4.79 Å². The topological polar surface area (TPSA) is 72.9 Å². The molecule has 1 aromatic rings. The van der Waals surface area contributed by atoms with Gasteiger partial charge < -0.3 is 11.1 Å². The minimum atomic E-state index is -0.152. The van der Waals surface area contributed by atoms with Crippen LogP contribution in [-0.4, -0.2) is 22.4 Å². The lowest BCUT2D eigenvalue weighted by Crippen LogP contribution is -2.37. The predicted molar refractivity (Wildman–Crippen MR) is 82.2 cm³/mol. The van der Waals surface area contributed by atoms with E-state index in [1.165, 1.54) is 30.1 Å². The third-order valence-electron chi connectivity index (χ3n) is 4.02. The van der Waals surface area contributed by atoms with E-state index in [1.807, 2.05) is 0 Å². The van der Waals surface area contributed by atoms with Gasteiger partial charge in [0.1, 0.15) is 5.69 Å². The largest absolute Gasteiger partial charge is 0.378 e. The van der Waals surface area contributed by atoms with E-state index >= 15 is 0 Å². The van der Waals surface area contributed by atoms with Crippen LogP contribution in [0.4, 0.5) is 5.69 Å². The van der Waals surface area contributed by atoms with Crippen LogP contribution in [0.3, 0.4) is 0 Å². The first-order valence-corrected chi connectivity index (χ1v) is 7.62. The summed E-state index contributed by atoms with van der Waals surface area (Å²) in [6.45, 7) is 5.31. The van der Waals surface area contributed by atoms with Crippen LogP contribution in [0.2, 0.25) is 5.02 Å². The van der Waals surface area contributed by atoms with Crippen LogP contribution in [0.1, 0.15) is 33.1 Å². The van der Waals surface area contributed by atoms with E-state index in [0.717, 1.165) is 0 Å². The fourth-order valence-corrected chi connectivity index (χ4v) is 2.33. The Bertz CT molecular complexity index is 510. The quantitative estimate of drug-likeness (QED) is 0.843. The molecule has 1 aromatic heterocycles. The molecule has 1 saturated carbocycles. The Morgan fingerprint density at radius 1 is 1.55 bits per heavy atom. The first kappa shape index (κ1) is 15.3. The van der Waals surface area contributed by atoms with Gasteiger partial charge in [-0.15, -0.1) is 0 Å². The Morgan fingerprint density at radius 2 is 2.25 bits per heavy atom. The van der Waals surface area contributed by atoms with Gasteiger partial charge in [-0.1, -0.05) is 31.9 Å². The fourth-order valence-electron chi connectivity index (χ4n) is 2.13.